The van der Waals surface area contributed by atoms with Gasteiger partial charge in [0.05, 0.1) is 10.9 Å². The van der Waals surface area contributed by atoms with Crippen molar-refractivity contribution in [1.82, 2.24) is 5.32 Å². The lowest BCUT2D eigenvalue weighted by Crippen LogP contribution is -2.45. The Balaban J connectivity index is 1.69. The lowest BCUT2D eigenvalue weighted by Gasteiger charge is -2.27. The predicted molar refractivity (Wildman–Crippen MR) is 97.1 cm³/mol. The van der Waals surface area contributed by atoms with E-state index in [2.05, 4.69) is 5.32 Å². The Bertz CT molecular complexity index is 892. The number of para-hydroxylation sites is 2. The van der Waals surface area contributed by atoms with Crippen LogP contribution in [-0.4, -0.2) is 33.3 Å². The molecule has 2 aromatic carbocycles. The number of fused-ring (bicyclic) bond motifs is 1. The number of sulfone groups is 1. The van der Waals surface area contributed by atoms with Gasteiger partial charge in [0.1, 0.15) is 6.61 Å². The second-order valence-corrected chi connectivity index (χ2v) is 8.19. The molecule has 1 aliphatic heterocycles. The monoisotopic (exact) mass is 375 g/mol. The minimum atomic E-state index is -3.24. The molecule has 2 atom stereocenters. The van der Waals surface area contributed by atoms with Crippen LogP contribution in [0.15, 0.2) is 53.4 Å². The largest absolute Gasteiger partial charge is 0.485 e. The highest BCUT2D eigenvalue weighted by Gasteiger charge is 2.28. The summed E-state index contributed by atoms with van der Waals surface area (Å²) in [4.78, 5) is 12.8. The Kier molecular flexibility index (Phi) is 5.18. The molecule has 0 saturated carbocycles. The first kappa shape index (κ1) is 18.3. The fraction of sp³-hybridized carbons (Fsp3) is 0.316. The minimum absolute atomic E-state index is 0.145. The van der Waals surface area contributed by atoms with Crippen molar-refractivity contribution in [3.8, 4) is 11.5 Å². The molecule has 1 N–H and O–H groups in total. The molecular formula is C19H21NO5S. The Morgan fingerprint density at radius 3 is 2.42 bits per heavy atom. The number of ether oxygens (including phenoxy) is 2. The molecule has 0 fully saturated rings. The fourth-order valence-electron chi connectivity index (χ4n) is 2.78. The van der Waals surface area contributed by atoms with Gasteiger partial charge in [-0.2, -0.15) is 0 Å². The highest BCUT2D eigenvalue weighted by Crippen LogP contribution is 2.31. The number of hydrogen-bond donors (Lipinski definition) is 1. The third-order valence-electron chi connectivity index (χ3n) is 4.24. The van der Waals surface area contributed by atoms with Gasteiger partial charge in [-0.05, 0) is 36.2 Å². The number of amides is 1. The van der Waals surface area contributed by atoms with E-state index in [1.54, 1.807) is 36.4 Å². The van der Waals surface area contributed by atoms with E-state index in [1.165, 1.54) is 6.26 Å². The van der Waals surface area contributed by atoms with E-state index < -0.39 is 15.9 Å². The molecule has 138 valence electrons. The SMILES string of the molecule is CC[C@@H](NC(=O)[C@H]1COc2ccccc2O1)c1ccc(S(C)(=O)=O)cc1. The zero-order valence-electron chi connectivity index (χ0n) is 14.6. The maximum atomic E-state index is 12.6. The highest BCUT2D eigenvalue weighted by atomic mass is 32.2. The van der Waals surface area contributed by atoms with Crippen LogP contribution in [0.3, 0.4) is 0 Å². The maximum absolute atomic E-state index is 12.6. The average molecular weight is 375 g/mol. The molecule has 1 heterocycles. The van der Waals surface area contributed by atoms with Crippen LogP contribution in [0.2, 0.25) is 0 Å². The summed E-state index contributed by atoms with van der Waals surface area (Å²) in [6, 6.07) is 13.5. The maximum Gasteiger partial charge on any atom is 0.265 e. The Morgan fingerprint density at radius 2 is 1.81 bits per heavy atom. The molecule has 0 unspecified atom stereocenters. The summed E-state index contributed by atoms with van der Waals surface area (Å²) in [6.07, 6.45) is 1.10. The van der Waals surface area contributed by atoms with E-state index in [1.807, 2.05) is 19.1 Å². The van der Waals surface area contributed by atoms with E-state index >= 15 is 0 Å². The standard InChI is InChI=1S/C19H21NO5S/c1-3-15(13-8-10-14(11-9-13)26(2,22)23)20-19(21)18-12-24-16-6-4-5-7-17(16)25-18/h4-11,15,18H,3,12H2,1-2H3,(H,20,21)/t15-,18-/m1/s1. The van der Waals surface area contributed by atoms with Crippen molar-refractivity contribution in [2.24, 2.45) is 0 Å². The summed E-state index contributed by atoms with van der Waals surface area (Å²) in [5.41, 5.74) is 0.838. The topological polar surface area (TPSA) is 81.7 Å². The second kappa shape index (κ2) is 7.37. The van der Waals surface area contributed by atoms with Crippen LogP contribution < -0.4 is 14.8 Å². The molecule has 0 saturated heterocycles. The first-order valence-corrected chi connectivity index (χ1v) is 10.3. The Morgan fingerprint density at radius 1 is 1.15 bits per heavy atom. The molecule has 0 bridgehead atoms. The molecule has 0 radical (unpaired) electrons. The van der Waals surface area contributed by atoms with E-state index in [4.69, 9.17) is 9.47 Å². The summed E-state index contributed by atoms with van der Waals surface area (Å²) in [5.74, 6) is 0.906. The molecule has 6 nitrogen and oxygen atoms in total. The van der Waals surface area contributed by atoms with Gasteiger partial charge in [-0.25, -0.2) is 8.42 Å². The van der Waals surface area contributed by atoms with Crippen LogP contribution in [0, 0.1) is 0 Å². The Hall–Kier alpha value is -2.54. The number of hydrogen-bond acceptors (Lipinski definition) is 5. The zero-order chi connectivity index (χ0) is 18.7. The zero-order valence-corrected chi connectivity index (χ0v) is 15.5. The van der Waals surface area contributed by atoms with Crippen LogP contribution in [0.4, 0.5) is 0 Å². The molecule has 1 amide bonds. The quantitative estimate of drug-likeness (QED) is 0.868. The molecule has 7 heteroatoms. The summed E-state index contributed by atoms with van der Waals surface area (Å²) < 4.78 is 34.4. The summed E-state index contributed by atoms with van der Waals surface area (Å²) >= 11 is 0. The number of carbonyl (C=O) groups is 1. The first-order valence-electron chi connectivity index (χ1n) is 8.37. The lowest BCUT2D eigenvalue weighted by molar-refractivity contribution is -0.131. The van der Waals surface area contributed by atoms with E-state index in [0.717, 1.165) is 5.56 Å². The van der Waals surface area contributed by atoms with Crippen molar-refractivity contribution in [2.45, 2.75) is 30.4 Å². The van der Waals surface area contributed by atoms with Crippen molar-refractivity contribution in [3.05, 3.63) is 54.1 Å². The molecule has 26 heavy (non-hydrogen) atoms. The number of benzene rings is 2. The first-order chi connectivity index (χ1) is 12.4. The van der Waals surface area contributed by atoms with Crippen LogP contribution in [0.5, 0.6) is 11.5 Å². The van der Waals surface area contributed by atoms with Crippen LogP contribution >= 0.6 is 0 Å². The number of carbonyl (C=O) groups excluding carboxylic acids is 1. The third-order valence-corrected chi connectivity index (χ3v) is 5.36. The summed E-state index contributed by atoms with van der Waals surface area (Å²) in [5, 5.41) is 2.95. The normalized spacial score (nSPS) is 17.4. The molecule has 2 aromatic rings. The van der Waals surface area contributed by atoms with Gasteiger partial charge in [0, 0.05) is 6.26 Å². The van der Waals surface area contributed by atoms with Crippen molar-refractivity contribution in [3.63, 3.8) is 0 Å². The fourth-order valence-corrected chi connectivity index (χ4v) is 3.41. The van der Waals surface area contributed by atoms with E-state index in [9.17, 15) is 13.2 Å². The smallest absolute Gasteiger partial charge is 0.265 e. The van der Waals surface area contributed by atoms with E-state index in [0.29, 0.717) is 17.9 Å². The third kappa shape index (κ3) is 3.99. The molecule has 0 aromatic heterocycles. The number of nitrogens with one attached hydrogen (secondary N) is 1. The van der Waals surface area contributed by atoms with Gasteiger partial charge in [-0.3, -0.25) is 4.79 Å². The van der Waals surface area contributed by atoms with Gasteiger partial charge in [-0.15, -0.1) is 0 Å². The molecule has 0 aliphatic carbocycles. The van der Waals surface area contributed by atoms with Gasteiger partial charge >= 0.3 is 0 Å². The van der Waals surface area contributed by atoms with Gasteiger partial charge in [0.2, 0.25) is 6.10 Å². The minimum Gasteiger partial charge on any atom is -0.485 e. The average Bonchev–Trinajstić information content (AvgIpc) is 2.65. The van der Waals surface area contributed by atoms with Gasteiger partial charge in [0.25, 0.3) is 5.91 Å². The summed E-state index contributed by atoms with van der Waals surface area (Å²) in [7, 11) is -3.24. The molecule has 3 rings (SSSR count). The molecule has 1 aliphatic rings. The van der Waals surface area contributed by atoms with Crippen LogP contribution in [0.1, 0.15) is 24.9 Å². The van der Waals surface area contributed by atoms with Crippen LogP contribution in [-0.2, 0) is 14.6 Å². The molecule has 0 spiro atoms. The lowest BCUT2D eigenvalue weighted by atomic mass is 10.0. The second-order valence-electron chi connectivity index (χ2n) is 6.17. The van der Waals surface area contributed by atoms with Gasteiger partial charge in [0.15, 0.2) is 21.3 Å². The Labute approximate surface area is 153 Å². The molecular weight excluding hydrogens is 354 g/mol. The highest BCUT2D eigenvalue weighted by molar-refractivity contribution is 7.90. The summed E-state index contributed by atoms with van der Waals surface area (Å²) in [6.45, 7) is 2.09. The van der Waals surface area contributed by atoms with Crippen molar-refractivity contribution < 1.29 is 22.7 Å². The predicted octanol–water partition coefficient (Wildman–Crippen LogP) is 2.50. The van der Waals surface area contributed by atoms with E-state index in [-0.39, 0.29) is 23.5 Å². The van der Waals surface area contributed by atoms with Crippen LogP contribution in [0.25, 0.3) is 0 Å². The number of rotatable bonds is 5. The van der Waals surface area contributed by atoms with Gasteiger partial charge in [-0.1, -0.05) is 31.2 Å². The van der Waals surface area contributed by atoms with Gasteiger partial charge < -0.3 is 14.8 Å². The van der Waals surface area contributed by atoms with Crippen molar-refractivity contribution in [2.75, 3.05) is 12.9 Å². The van der Waals surface area contributed by atoms with Crippen molar-refractivity contribution in [1.29, 1.82) is 0 Å². The van der Waals surface area contributed by atoms with Crippen molar-refractivity contribution >= 4 is 15.7 Å².